The summed E-state index contributed by atoms with van der Waals surface area (Å²) in [6.45, 7) is 4.75. The molecule has 1 aromatic rings. The molecule has 80 valence electrons. The van der Waals surface area contributed by atoms with Crippen LogP contribution in [0.5, 0.6) is 0 Å². The third kappa shape index (κ3) is 2.73. The molecule has 1 rings (SSSR count). The van der Waals surface area contributed by atoms with Crippen molar-refractivity contribution in [1.29, 1.82) is 0 Å². The van der Waals surface area contributed by atoms with E-state index in [9.17, 15) is 0 Å². The van der Waals surface area contributed by atoms with E-state index in [0.717, 1.165) is 19.0 Å². The topological polar surface area (TPSA) is 47.1 Å². The van der Waals surface area contributed by atoms with Crippen molar-refractivity contribution in [2.24, 2.45) is 5.73 Å². The number of nitrogens with two attached hydrogens (primary N) is 1. The SMILES string of the molecule is CCCCn1ccnc1N(C)CCN. The highest BCUT2D eigenvalue weighted by Crippen LogP contribution is 2.10. The molecule has 1 heterocycles. The van der Waals surface area contributed by atoms with Gasteiger partial charge in [-0.05, 0) is 6.42 Å². The van der Waals surface area contributed by atoms with Crippen LogP contribution in [0.2, 0.25) is 0 Å². The number of rotatable bonds is 6. The van der Waals surface area contributed by atoms with Gasteiger partial charge in [0.15, 0.2) is 0 Å². The van der Waals surface area contributed by atoms with Crippen molar-refractivity contribution in [2.75, 3.05) is 25.0 Å². The van der Waals surface area contributed by atoms with Crippen LogP contribution < -0.4 is 10.6 Å². The van der Waals surface area contributed by atoms with Crippen molar-refractivity contribution in [3.05, 3.63) is 12.4 Å². The van der Waals surface area contributed by atoms with Gasteiger partial charge in [0.05, 0.1) is 0 Å². The number of likely N-dealkylation sites (N-methyl/N-ethyl adjacent to an activating group) is 1. The summed E-state index contributed by atoms with van der Waals surface area (Å²) in [7, 11) is 2.03. The molecule has 0 saturated heterocycles. The smallest absolute Gasteiger partial charge is 0.205 e. The van der Waals surface area contributed by atoms with E-state index < -0.39 is 0 Å². The Labute approximate surface area is 85.7 Å². The van der Waals surface area contributed by atoms with Gasteiger partial charge in [-0.1, -0.05) is 13.3 Å². The van der Waals surface area contributed by atoms with Gasteiger partial charge >= 0.3 is 0 Å². The van der Waals surface area contributed by atoms with Gasteiger partial charge in [0.2, 0.25) is 5.95 Å². The summed E-state index contributed by atoms with van der Waals surface area (Å²) in [5.74, 6) is 1.02. The van der Waals surface area contributed by atoms with Crippen LogP contribution in [0.1, 0.15) is 19.8 Å². The molecule has 0 saturated carbocycles. The minimum absolute atomic E-state index is 0.664. The van der Waals surface area contributed by atoms with Gasteiger partial charge in [-0.2, -0.15) is 0 Å². The maximum atomic E-state index is 5.51. The Kier molecular flexibility index (Phi) is 4.46. The number of nitrogens with zero attached hydrogens (tertiary/aromatic N) is 3. The van der Waals surface area contributed by atoms with Crippen LogP contribution in [0.15, 0.2) is 12.4 Å². The third-order valence-electron chi connectivity index (χ3n) is 2.25. The van der Waals surface area contributed by atoms with E-state index in [1.165, 1.54) is 12.8 Å². The van der Waals surface area contributed by atoms with E-state index >= 15 is 0 Å². The van der Waals surface area contributed by atoms with Crippen molar-refractivity contribution < 1.29 is 0 Å². The van der Waals surface area contributed by atoms with Crippen molar-refractivity contribution in [1.82, 2.24) is 9.55 Å². The number of hydrogen-bond donors (Lipinski definition) is 1. The lowest BCUT2D eigenvalue weighted by Gasteiger charge is -2.18. The zero-order valence-corrected chi connectivity index (χ0v) is 9.11. The van der Waals surface area contributed by atoms with E-state index in [2.05, 4.69) is 21.4 Å². The number of anilines is 1. The highest BCUT2D eigenvalue weighted by atomic mass is 15.3. The second-order valence-electron chi connectivity index (χ2n) is 3.48. The molecule has 0 bridgehead atoms. The van der Waals surface area contributed by atoms with Gasteiger partial charge in [-0.15, -0.1) is 0 Å². The van der Waals surface area contributed by atoms with Crippen LogP contribution in [0.4, 0.5) is 5.95 Å². The summed E-state index contributed by atoms with van der Waals surface area (Å²) in [6.07, 6.45) is 6.27. The number of unbranched alkanes of at least 4 members (excludes halogenated alkanes) is 1. The zero-order chi connectivity index (χ0) is 10.4. The van der Waals surface area contributed by atoms with E-state index in [4.69, 9.17) is 5.73 Å². The summed E-state index contributed by atoms with van der Waals surface area (Å²) in [4.78, 5) is 6.41. The lowest BCUT2D eigenvalue weighted by atomic mass is 10.3. The molecular weight excluding hydrogens is 176 g/mol. The molecule has 0 aliphatic carbocycles. The predicted molar refractivity (Wildman–Crippen MR) is 59.5 cm³/mol. The van der Waals surface area contributed by atoms with Crippen molar-refractivity contribution in [2.45, 2.75) is 26.3 Å². The normalized spacial score (nSPS) is 10.5. The summed E-state index contributed by atoms with van der Waals surface area (Å²) in [5.41, 5.74) is 5.51. The number of aryl methyl sites for hydroxylation is 1. The van der Waals surface area contributed by atoms with E-state index in [-0.39, 0.29) is 0 Å². The number of hydrogen-bond acceptors (Lipinski definition) is 3. The molecule has 0 aliphatic rings. The predicted octanol–water partition coefficient (Wildman–Crippen LogP) is 1.08. The quantitative estimate of drug-likeness (QED) is 0.740. The van der Waals surface area contributed by atoms with Crippen molar-refractivity contribution in [3.63, 3.8) is 0 Å². The first-order valence-electron chi connectivity index (χ1n) is 5.22. The molecule has 0 fully saturated rings. The minimum atomic E-state index is 0.664. The van der Waals surface area contributed by atoms with Gasteiger partial charge in [-0.25, -0.2) is 4.98 Å². The summed E-state index contributed by atoms with van der Waals surface area (Å²) < 4.78 is 2.18. The largest absolute Gasteiger partial charge is 0.344 e. The van der Waals surface area contributed by atoms with Crippen LogP contribution in [0, 0.1) is 0 Å². The number of imidazole rings is 1. The molecular formula is C10H20N4. The Morgan fingerprint density at radius 2 is 2.36 bits per heavy atom. The monoisotopic (exact) mass is 196 g/mol. The molecule has 4 nitrogen and oxygen atoms in total. The Morgan fingerprint density at radius 3 is 3.00 bits per heavy atom. The molecule has 0 unspecified atom stereocenters. The highest BCUT2D eigenvalue weighted by molar-refractivity contribution is 5.29. The lowest BCUT2D eigenvalue weighted by Crippen LogP contribution is -2.27. The second-order valence-corrected chi connectivity index (χ2v) is 3.48. The first-order chi connectivity index (χ1) is 6.79. The minimum Gasteiger partial charge on any atom is -0.344 e. The van der Waals surface area contributed by atoms with Gasteiger partial charge in [0.1, 0.15) is 0 Å². The molecule has 0 spiro atoms. The molecule has 0 atom stereocenters. The first kappa shape index (κ1) is 11.0. The van der Waals surface area contributed by atoms with Crippen LogP contribution in [0.3, 0.4) is 0 Å². The van der Waals surface area contributed by atoms with Crippen LogP contribution in [-0.2, 0) is 6.54 Å². The van der Waals surface area contributed by atoms with Crippen LogP contribution in [-0.4, -0.2) is 29.7 Å². The maximum Gasteiger partial charge on any atom is 0.205 e. The number of aromatic nitrogens is 2. The molecule has 14 heavy (non-hydrogen) atoms. The van der Waals surface area contributed by atoms with E-state index in [0.29, 0.717) is 6.54 Å². The Balaban J connectivity index is 2.61. The maximum absolute atomic E-state index is 5.51. The van der Waals surface area contributed by atoms with Crippen LogP contribution >= 0.6 is 0 Å². The van der Waals surface area contributed by atoms with Gasteiger partial charge < -0.3 is 15.2 Å². The van der Waals surface area contributed by atoms with Gasteiger partial charge in [0, 0.05) is 39.1 Å². The molecule has 0 aromatic carbocycles. The fraction of sp³-hybridized carbons (Fsp3) is 0.700. The summed E-state index contributed by atoms with van der Waals surface area (Å²) in [6, 6.07) is 0. The van der Waals surface area contributed by atoms with Gasteiger partial charge in [0.25, 0.3) is 0 Å². The fourth-order valence-corrected chi connectivity index (χ4v) is 1.44. The van der Waals surface area contributed by atoms with E-state index in [1.807, 2.05) is 19.4 Å². The third-order valence-corrected chi connectivity index (χ3v) is 2.25. The van der Waals surface area contributed by atoms with Gasteiger partial charge in [-0.3, -0.25) is 0 Å². The second kappa shape index (κ2) is 5.65. The van der Waals surface area contributed by atoms with E-state index in [1.54, 1.807) is 0 Å². The summed E-state index contributed by atoms with van der Waals surface area (Å²) >= 11 is 0. The average molecular weight is 196 g/mol. The summed E-state index contributed by atoms with van der Waals surface area (Å²) in [5, 5.41) is 0. The standard InChI is InChI=1S/C10H20N4/c1-3-4-7-14-9-6-12-10(14)13(2)8-5-11/h6,9H,3-5,7-8,11H2,1-2H3. The van der Waals surface area contributed by atoms with Crippen molar-refractivity contribution >= 4 is 5.95 Å². The highest BCUT2D eigenvalue weighted by Gasteiger charge is 2.06. The van der Waals surface area contributed by atoms with Crippen molar-refractivity contribution in [3.8, 4) is 0 Å². The molecule has 1 aromatic heterocycles. The fourth-order valence-electron chi connectivity index (χ4n) is 1.44. The molecule has 4 heteroatoms. The molecule has 2 N–H and O–H groups in total. The zero-order valence-electron chi connectivity index (χ0n) is 9.11. The average Bonchev–Trinajstić information content (AvgIpc) is 2.63. The van der Waals surface area contributed by atoms with Crippen LogP contribution in [0.25, 0.3) is 0 Å². The molecule has 0 amide bonds. The Bertz CT molecular complexity index is 256. The molecule has 0 radical (unpaired) electrons. The lowest BCUT2D eigenvalue weighted by molar-refractivity contribution is 0.623. The Morgan fingerprint density at radius 1 is 1.57 bits per heavy atom. The molecule has 0 aliphatic heterocycles. The Hall–Kier alpha value is -1.03. The first-order valence-corrected chi connectivity index (χ1v) is 5.22.